The molecule has 1 aliphatic carbocycles. The van der Waals surface area contributed by atoms with Crippen molar-refractivity contribution in [3.8, 4) is 11.1 Å². The van der Waals surface area contributed by atoms with Gasteiger partial charge in [0, 0.05) is 17.3 Å². The summed E-state index contributed by atoms with van der Waals surface area (Å²) in [6.45, 7) is 1.92. The topological polar surface area (TPSA) is 114 Å². The molecule has 5 rings (SSSR count). The largest absolute Gasteiger partial charge is 0.383 e. The Bertz CT molecular complexity index is 1340. The molecule has 30 heavy (non-hydrogen) atoms. The summed E-state index contributed by atoms with van der Waals surface area (Å²) in [7, 11) is -3.64. The minimum Gasteiger partial charge on any atom is -0.383 e. The first-order chi connectivity index (χ1) is 14.4. The summed E-state index contributed by atoms with van der Waals surface area (Å²) in [6, 6.07) is 16.1. The number of nitrogens with two attached hydrogens (primary N) is 1. The van der Waals surface area contributed by atoms with Crippen molar-refractivity contribution in [3.05, 3.63) is 65.9 Å². The molecule has 0 radical (unpaired) electrons. The molecule has 4 N–H and O–H groups in total. The van der Waals surface area contributed by atoms with Gasteiger partial charge in [-0.1, -0.05) is 29.8 Å². The summed E-state index contributed by atoms with van der Waals surface area (Å²) in [5, 5.41) is 7.82. The van der Waals surface area contributed by atoms with Crippen molar-refractivity contribution < 1.29 is 8.42 Å². The van der Waals surface area contributed by atoms with Gasteiger partial charge in [0.25, 0.3) is 10.0 Å². The van der Waals surface area contributed by atoms with E-state index in [1.165, 1.54) is 0 Å². The van der Waals surface area contributed by atoms with Crippen LogP contribution in [-0.2, 0) is 10.0 Å². The lowest BCUT2D eigenvalue weighted by Crippen LogP contribution is -2.12. The fraction of sp³-hybridized carbons (Fsp3) is 0.182. The van der Waals surface area contributed by atoms with Crippen LogP contribution >= 0.6 is 0 Å². The number of nitrogens with zero attached hydrogens (tertiary/aromatic N) is 2. The molecule has 2 heterocycles. The number of aromatic amines is 1. The molecule has 8 heteroatoms. The van der Waals surface area contributed by atoms with E-state index in [9.17, 15) is 8.42 Å². The smallest absolute Gasteiger partial charge is 0.261 e. The Morgan fingerprint density at radius 3 is 2.43 bits per heavy atom. The van der Waals surface area contributed by atoms with Gasteiger partial charge in [0.1, 0.15) is 5.82 Å². The Balaban J connectivity index is 1.48. The highest BCUT2D eigenvalue weighted by atomic mass is 32.2. The molecule has 0 saturated heterocycles. The summed E-state index contributed by atoms with van der Waals surface area (Å²) in [5.74, 6) is 0.950. The Morgan fingerprint density at radius 1 is 1.07 bits per heavy atom. The van der Waals surface area contributed by atoms with Gasteiger partial charge in [0.15, 0.2) is 5.65 Å². The molecule has 0 amide bonds. The Hall–Kier alpha value is -3.39. The van der Waals surface area contributed by atoms with Crippen molar-refractivity contribution in [2.75, 3.05) is 10.5 Å². The summed E-state index contributed by atoms with van der Waals surface area (Å²) in [6.07, 6.45) is 2.27. The summed E-state index contributed by atoms with van der Waals surface area (Å²) >= 11 is 0. The van der Waals surface area contributed by atoms with Crippen molar-refractivity contribution in [2.24, 2.45) is 0 Å². The van der Waals surface area contributed by atoms with Gasteiger partial charge in [0.2, 0.25) is 0 Å². The average molecular weight is 420 g/mol. The number of benzene rings is 2. The van der Waals surface area contributed by atoms with Gasteiger partial charge in [-0.25, -0.2) is 13.4 Å². The van der Waals surface area contributed by atoms with Crippen LogP contribution in [0.5, 0.6) is 0 Å². The first-order valence-electron chi connectivity index (χ1n) is 9.75. The van der Waals surface area contributed by atoms with Crippen molar-refractivity contribution in [3.63, 3.8) is 0 Å². The first kappa shape index (κ1) is 18.6. The Morgan fingerprint density at radius 2 is 1.77 bits per heavy atom. The highest BCUT2D eigenvalue weighted by Gasteiger charge is 2.27. The molecule has 152 valence electrons. The number of nitrogens with one attached hydrogen (secondary N) is 2. The molecule has 0 atom stereocenters. The third-order valence-corrected chi connectivity index (χ3v) is 6.74. The molecule has 0 bridgehead atoms. The highest BCUT2D eigenvalue weighted by Crippen LogP contribution is 2.42. The average Bonchev–Trinajstić information content (AvgIpc) is 3.51. The van der Waals surface area contributed by atoms with Gasteiger partial charge in [-0.3, -0.25) is 9.82 Å². The molecule has 2 aromatic heterocycles. The van der Waals surface area contributed by atoms with Gasteiger partial charge >= 0.3 is 0 Å². The van der Waals surface area contributed by atoms with Crippen LogP contribution in [0.1, 0.15) is 30.0 Å². The van der Waals surface area contributed by atoms with Crippen LogP contribution in [-0.4, -0.2) is 23.6 Å². The third-order valence-electron chi connectivity index (χ3n) is 5.35. The number of aromatic nitrogens is 3. The van der Waals surface area contributed by atoms with Gasteiger partial charge in [-0.05, 0) is 61.2 Å². The number of pyridine rings is 1. The molecule has 1 aliphatic rings. The van der Waals surface area contributed by atoms with E-state index in [-0.39, 0.29) is 4.90 Å². The second-order valence-corrected chi connectivity index (χ2v) is 9.38. The van der Waals surface area contributed by atoms with Crippen LogP contribution in [0.2, 0.25) is 0 Å². The lowest BCUT2D eigenvalue weighted by molar-refractivity contribution is 0.601. The van der Waals surface area contributed by atoms with Crippen molar-refractivity contribution >= 4 is 32.6 Å². The number of fused-ring (bicyclic) bond motifs is 1. The molecule has 7 nitrogen and oxygen atoms in total. The maximum atomic E-state index is 12.6. The molecule has 1 fully saturated rings. The third kappa shape index (κ3) is 3.39. The molecule has 2 aromatic carbocycles. The number of nitrogen functional groups attached to an aromatic ring is 1. The van der Waals surface area contributed by atoms with Crippen LogP contribution in [0.25, 0.3) is 22.2 Å². The van der Waals surface area contributed by atoms with Gasteiger partial charge in [-0.2, -0.15) is 5.10 Å². The first-order valence-corrected chi connectivity index (χ1v) is 11.2. The quantitative estimate of drug-likeness (QED) is 0.449. The predicted molar refractivity (Wildman–Crippen MR) is 118 cm³/mol. The van der Waals surface area contributed by atoms with E-state index in [4.69, 9.17) is 5.73 Å². The zero-order valence-electron chi connectivity index (χ0n) is 16.4. The SMILES string of the molecule is Cc1ccc(S(=O)(=O)Nc2ccc(-c3cc(C4CC4)nc4n[nH]c(N)c34)cc2)cc1. The Labute approximate surface area is 174 Å². The maximum Gasteiger partial charge on any atom is 0.261 e. The summed E-state index contributed by atoms with van der Waals surface area (Å²) < 4.78 is 27.9. The van der Waals surface area contributed by atoms with Crippen LogP contribution < -0.4 is 10.5 Å². The van der Waals surface area contributed by atoms with E-state index >= 15 is 0 Å². The monoisotopic (exact) mass is 419 g/mol. The normalized spacial score (nSPS) is 14.2. The second-order valence-electron chi connectivity index (χ2n) is 7.70. The van der Waals surface area contributed by atoms with Crippen LogP contribution in [0.3, 0.4) is 0 Å². The van der Waals surface area contributed by atoms with E-state index in [0.717, 1.165) is 40.6 Å². The van der Waals surface area contributed by atoms with E-state index in [1.54, 1.807) is 36.4 Å². The number of sulfonamides is 1. The number of aryl methyl sites for hydroxylation is 1. The lowest BCUT2D eigenvalue weighted by atomic mass is 10.0. The Kier molecular flexibility index (Phi) is 4.25. The fourth-order valence-corrected chi connectivity index (χ4v) is 4.59. The maximum absolute atomic E-state index is 12.6. The zero-order valence-corrected chi connectivity index (χ0v) is 17.2. The molecule has 0 unspecified atom stereocenters. The van der Waals surface area contributed by atoms with Crippen molar-refractivity contribution in [1.82, 2.24) is 15.2 Å². The van der Waals surface area contributed by atoms with Crippen molar-refractivity contribution in [1.29, 1.82) is 0 Å². The number of anilines is 2. The number of hydrogen-bond acceptors (Lipinski definition) is 5. The standard InChI is InChI=1S/C22H21N5O2S/c1-13-2-10-17(11-3-13)30(28,29)27-16-8-6-14(7-9-16)18-12-19(15-4-5-15)24-22-20(18)21(23)25-26-22/h2-3,6-12,15,27H,4-5H2,1H3,(H3,23,24,25,26). The molecule has 1 saturated carbocycles. The summed E-state index contributed by atoms with van der Waals surface area (Å²) in [4.78, 5) is 4.87. The predicted octanol–water partition coefficient (Wildman–Crippen LogP) is 4.19. The molecule has 0 spiro atoms. The molecule has 0 aliphatic heterocycles. The van der Waals surface area contributed by atoms with E-state index in [1.807, 2.05) is 19.1 Å². The van der Waals surface area contributed by atoms with Gasteiger partial charge in [0.05, 0.1) is 10.3 Å². The van der Waals surface area contributed by atoms with Crippen LogP contribution in [0, 0.1) is 6.92 Å². The van der Waals surface area contributed by atoms with E-state index < -0.39 is 10.0 Å². The van der Waals surface area contributed by atoms with E-state index in [2.05, 4.69) is 26.0 Å². The lowest BCUT2D eigenvalue weighted by Gasteiger charge is -2.11. The van der Waals surface area contributed by atoms with Gasteiger partial charge in [-0.15, -0.1) is 0 Å². The van der Waals surface area contributed by atoms with E-state index in [0.29, 0.717) is 23.1 Å². The number of H-pyrrole nitrogens is 1. The second kappa shape index (κ2) is 6.84. The molecular weight excluding hydrogens is 398 g/mol. The van der Waals surface area contributed by atoms with Crippen LogP contribution in [0.4, 0.5) is 11.5 Å². The fourth-order valence-electron chi connectivity index (χ4n) is 3.53. The minimum atomic E-state index is -3.64. The summed E-state index contributed by atoms with van der Waals surface area (Å²) in [5.41, 5.74) is 11.1. The van der Waals surface area contributed by atoms with Crippen molar-refractivity contribution in [2.45, 2.75) is 30.6 Å². The molecule has 4 aromatic rings. The number of rotatable bonds is 5. The zero-order chi connectivity index (χ0) is 20.9. The highest BCUT2D eigenvalue weighted by molar-refractivity contribution is 7.92. The van der Waals surface area contributed by atoms with Gasteiger partial charge < -0.3 is 5.73 Å². The minimum absolute atomic E-state index is 0.230. The molecular formula is C22H21N5O2S. The van der Waals surface area contributed by atoms with Crippen LogP contribution in [0.15, 0.2) is 59.5 Å². The number of hydrogen-bond donors (Lipinski definition) is 3.